The topological polar surface area (TPSA) is 23.5 Å². The lowest BCUT2D eigenvalue weighted by molar-refractivity contribution is 0.467. The normalized spacial score (nSPS) is 10.5. The van der Waals surface area contributed by atoms with Crippen LogP contribution in [0.5, 0.6) is 5.75 Å². The van der Waals surface area contributed by atoms with Crippen molar-refractivity contribution in [1.29, 1.82) is 0 Å². The Balaban J connectivity index is 2.23. The van der Waals surface area contributed by atoms with E-state index >= 15 is 0 Å². The fourth-order valence-electron chi connectivity index (χ4n) is 2.03. The third-order valence-corrected chi connectivity index (χ3v) is 3.42. The Labute approximate surface area is 119 Å². The molecule has 0 atom stereocenters. The highest BCUT2D eigenvalue weighted by Crippen LogP contribution is 2.25. The fourth-order valence-corrected chi connectivity index (χ4v) is 2.22. The van der Waals surface area contributed by atoms with Crippen LogP contribution in [0, 0.1) is 6.92 Å². The highest BCUT2D eigenvalue weighted by Gasteiger charge is 2.09. The number of aromatic hydroxyl groups is 1. The van der Waals surface area contributed by atoms with Crippen LogP contribution in [0.3, 0.4) is 0 Å². The van der Waals surface area contributed by atoms with Crippen LogP contribution < -0.4 is 4.90 Å². The maximum absolute atomic E-state index is 9.89. The number of halogens is 1. The number of nitrogens with zero attached hydrogens (tertiary/aromatic N) is 1. The van der Waals surface area contributed by atoms with Crippen LogP contribution in [0.1, 0.15) is 18.1 Å². The SMILES string of the molecule is CCN(Cc1cc(Cl)ccc1O)c1ccc(C)cc1. The molecule has 3 heteroatoms. The summed E-state index contributed by atoms with van der Waals surface area (Å²) in [6, 6.07) is 13.5. The number of anilines is 1. The summed E-state index contributed by atoms with van der Waals surface area (Å²) in [5, 5.41) is 10.5. The van der Waals surface area contributed by atoms with Crippen molar-refractivity contribution in [3.05, 3.63) is 58.6 Å². The summed E-state index contributed by atoms with van der Waals surface area (Å²) in [7, 11) is 0. The molecular formula is C16H18ClNO. The van der Waals surface area contributed by atoms with Gasteiger partial charge in [-0.15, -0.1) is 0 Å². The molecular weight excluding hydrogens is 258 g/mol. The highest BCUT2D eigenvalue weighted by molar-refractivity contribution is 6.30. The molecule has 0 unspecified atom stereocenters. The van der Waals surface area contributed by atoms with Crippen molar-refractivity contribution < 1.29 is 5.11 Å². The molecule has 0 heterocycles. The van der Waals surface area contributed by atoms with E-state index in [1.165, 1.54) is 5.56 Å². The Bertz CT molecular complexity index is 551. The smallest absolute Gasteiger partial charge is 0.120 e. The van der Waals surface area contributed by atoms with Crippen LogP contribution in [0.25, 0.3) is 0 Å². The molecule has 0 radical (unpaired) electrons. The Kier molecular flexibility index (Phi) is 4.33. The summed E-state index contributed by atoms with van der Waals surface area (Å²) in [4.78, 5) is 2.20. The quantitative estimate of drug-likeness (QED) is 0.895. The van der Waals surface area contributed by atoms with Crippen molar-refractivity contribution >= 4 is 17.3 Å². The van der Waals surface area contributed by atoms with Gasteiger partial charge < -0.3 is 10.0 Å². The summed E-state index contributed by atoms with van der Waals surface area (Å²) in [6.07, 6.45) is 0. The molecule has 0 aliphatic rings. The van der Waals surface area contributed by atoms with Gasteiger partial charge in [0.05, 0.1) is 0 Å². The number of hydrogen-bond donors (Lipinski definition) is 1. The maximum atomic E-state index is 9.89. The van der Waals surface area contributed by atoms with Crippen molar-refractivity contribution in [2.75, 3.05) is 11.4 Å². The largest absolute Gasteiger partial charge is 0.508 e. The molecule has 0 fully saturated rings. The van der Waals surface area contributed by atoms with Crippen LogP contribution in [0.2, 0.25) is 5.02 Å². The van der Waals surface area contributed by atoms with Gasteiger partial charge in [-0.05, 0) is 44.2 Å². The molecule has 2 aromatic rings. The number of phenols is 1. The van der Waals surface area contributed by atoms with Crippen LogP contribution >= 0.6 is 11.6 Å². The first-order valence-corrected chi connectivity index (χ1v) is 6.77. The van der Waals surface area contributed by atoms with E-state index in [1.54, 1.807) is 12.1 Å². The first kappa shape index (κ1) is 13.8. The zero-order valence-electron chi connectivity index (χ0n) is 11.2. The number of benzene rings is 2. The van der Waals surface area contributed by atoms with Gasteiger partial charge >= 0.3 is 0 Å². The second-order valence-corrected chi connectivity index (χ2v) is 5.06. The minimum absolute atomic E-state index is 0.287. The molecule has 0 spiro atoms. The molecule has 1 N–H and O–H groups in total. The third kappa shape index (κ3) is 3.42. The van der Waals surface area contributed by atoms with E-state index in [9.17, 15) is 5.11 Å². The van der Waals surface area contributed by atoms with Gasteiger partial charge in [0, 0.05) is 29.4 Å². The lowest BCUT2D eigenvalue weighted by atomic mass is 10.1. The second kappa shape index (κ2) is 5.98. The average molecular weight is 276 g/mol. The van der Waals surface area contributed by atoms with E-state index in [0.717, 1.165) is 17.8 Å². The Morgan fingerprint density at radius 3 is 2.42 bits per heavy atom. The van der Waals surface area contributed by atoms with Gasteiger partial charge in [-0.3, -0.25) is 0 Å². The maximum Gasteiger partial charge on any atom is 0.120 e. The monoisotopic (exact) mass is 275 g/mol. The minimum atomic E-state index is 0.287. The number of hydrogen-bond acceptors (Lipinski definition) is 2. The van der Waals surface area contributed by atoms with Gasteiger partial charge in [-0.2, -0.15) is 0 Å². The summed E-state index contributed by atoms with van der Waals surface area (Å²) in [5.74, 6) is 0.287. The molecule has 2 rings (SSSR count). The van der Waals surface area contributed by atoms with Crippen LogP contribution in [-0.2, 0) is 6.54 Å². The third-order valence-electron chi connectivity index (χ3n) is 3.18. The van der Waals surface area contributed by atoms with E-state index < -0.39 is 0 Å². The van der Waals surface area contributed by atoms with Crippen molar-refractivity contribution in [3.8, 4) is 5.75 Å². The first-order valence-electron chi connectivity index (χ1n) is 6.39. The Morgan fingerprint density at radius 1 is 1.11 bits per heavy atom. The zero-order chi connectivity index (χ0) is 13.8. The molecule has 0 saturated carbocycles. The summed E-state index contributed by atoms with van der Waals surface area (Å²) in [5.41, 5.74) is 3.23. The Morgan fingerprint density at radius 2 is 1.79 bits per heavy atom. The molecule has 0 aliphatic carbocycles. The van der Waals surface area contributed by atoms with E-state index in [4.69, 9.17) is 11.6 Å². The molecule has 2 aromatic carbocycles. The standard InChI is InChI=1S/C16H18ClNO/c1-3-18(15-7-4-12(2)5-8-15)11-13-10-14(17)6-9-16(13)19/h4-10,19H,3,11H2,1-2H3. The number of rotatable bonds is 4. The lowest BCUT2D eigenvalue weighted by Gasteiger charge is -2.24. The van der Waals surface area contributed by atoms with Gasteiger partial charge in [-0.25, -0.2) is 0 Å². The fraction of sp³-hybridized carbons (Fsp3) is 0.250. The molecule has 19 heavy (non-hydrogen) atoms. The molecule has 0 aromatic heterocycles. The van der Waals surface area contributed by atoms with E-state index in [-0.39, 0.29) is 5.75 Å². The van der Waals surface area contributed by atoms with E-state index in [2.05, 4.69) is 43.0 Å². The first-order chi connectivity index (χ1) is 9.10. The molecule has 0 aliphatic heterocycles. The molecule has 2 nitrogen and oxygen atoms in total. The van der Waals surface area contributed by atoms with Crippen molar-refractivity contribution in [2.24, 2.45) is 0 Å². The van der Waals surface area contributed by atoms with Crippen molar-refractivity contribution in [1.82, 2.24) is 0 Å². The van der Waals surface area contributed by atoms with Crippen molar-refractivity contribution in [3.63, 3.8) is 0 Å². The van der Waals surface area contributed by atoms with Crippen LogP contribution in [-0.4, -0.2) is 11.7 Å². The highest BCUT2D eigenvalue weighted by atomic mass is 35.5. The zero-order valence-corrected chi connectivity index (χ0v) is 12.0. The summed E-state index contributed by atoms with van der Waals surface area (Å²) < 4.78 is 0. The molecule has 0 bridgehead atoms. The van der Waals surface area contributed by atoms with Crippen LogP contribution in [0.15, 0.2) is 42.5 Å². The molecule has 0 saturated heterocycles. The number of phenolic OH excluding ortho intramolecular Hbond substituents is 1. The van der Waals surface area contributed by atoms with E-state index in [1.807, 2.05) is 6.07 Å². The Hall–Kier alpha value is -1.67. The minimum Gasteiger partial charge on any atom is -0.508 e. The molecule has 0 amide bonds. The van der Waals surface area contributed by atoms with Gasteiger partial charge in [0.1, 0.15) is 5.75 Å². The summed E-state index contributed by atoms with van der Waals surface area (Å²) in [6.45, 7) is 5.69. The van der Waals surface area contributed by atoms with Gasteiger partial charge in [0.25, 0.3) is 0 Å². The van der Waals surface area contributed by atoms with Gasteiger partial charge in [0.15, 0.2) is 0 Å². The van der Waals surface area contributed by atoms with Crippen molar-refractivity contribution in [2.45, 2.75) is 20.4 Å². The average Bonchev–Trinajstić information content (AvgIpc) is 2.41. The second-order valence-electron chi connectivity index (χ2n) is 4.62. The van der Waals surface area contributed by atoms with Crippen LogP contribution in [0.4, 0.5) is 5.69 Å². The number of aryl methyl sites for hydroxylation is 1. The predicted octanol–water partition coefficient (Wildman–Crippen LogP) is 4.38. The molecule has 100 valence electrons. The predicted molar refractivity (Wildman–Crippen MR) is 81.0 cm³/mol. The van der Waals surface area contributed by atoms with E-state index in [0.29, 0.717) is 11.6 Å². The van der Waals surface area contributed by atoms with Gasteiger partial charge in [-0.1, -0.05) is 29.3 Å². The van der Waals surface area contributed by atoms with Gasteiger partial charge in [0.2, 0.25) is 0 Å². The lowest BCUT2D eigenvalue weighted by Crippen LogP contribution is -2.21. The summed E-state index contributed by atoms with van der Waals surface area (Å²) >= 11 is 5.98.